The molecule has 0 aliphatic carbocycles. The average Bonchev–Trinajstić information content (AvgIpc) is 3.24. The van der Waals surface area contributed by atoms with Crippen LogP contribution < -0.4 is 21.1 Å². The third kappa shape index (κ3) is 3.93. The average molecular weight is 507 g/mol. The Balaban J connectivity index is 1.04. The number of aromatic nitrogens is 2. The first-order chi connectivity index (χ1) is 18.4. The molecule has 2 aromatic heterocycles. The molecule has 4 aliphatic heterocycles. The number of nitrogens with two attached hydrogens (primary N) is 1. The molecule has 7 rings (SSSR count). The van der Waals surface area contributed by atoms with E-state index in [0.29, 0.717) is 23.3 Å². The second kappa shape index (κ2) is 8.92. The molecule has 0 amide bonds. The molecule has 3 fully saturated rings. The number of morpholine rings is 1. The largest absolute Gasteiger partial charge is 0.370 e. The molecule has 2 atom stereocenters. The van der Waals surface area contributed by atoms with Crippen LogP contribution in [0.2, 0.25) is 0 Å². The molecule has 0 saturated carbocycles. The monoisotopic (exact) mass is 507 g/mol. The van der Waals surface area contributed by atoms with E-state index in [4.69, 9.17) is 28.0 Å². The lowest BCUT2D eigenvalue weighted by molar-refractivity contribution is -0.157. The highest BCUT2D eigenvalue weighted by molar-refractivity contribution is 6.31. The summed E-state index contributed by atoms with van der Waals surface area (Å²) in [5, 5.41) is 10.5. The molecule has 3 saturated heterocycles. The van der Waals surface area contributed by atoms with E-state index in [1.165, 1.54) is 5.56 Å². The lowest BCUT2D eigenvalue weighted by Crippen LogP contribution is -2.62. The van der Waals surface area contributed by atoms with E-state index in [0.717, 1.165) is 68.3 Å². The van der Waals surface area contributed by atoms with Crippen LogP contribution in [0, 0.1) is 11.3 Å². The zero-order chi connectivity index (χ0) is 26.0. The van der Waals surface area contributed by atoms with E-state index in [2.05, 4.69) is 38.7 Å². The summed E-state index contributed by atoms with van der Waals surface area (Å²) >= 11 is 0. The number of likely N-dealkylation sites (tertiary alicyclic amines) is 1. The number of nitrogens with zero attached hydrogens (tertiary/aromatic N) is 6. The SMILES string of the molecule is [B]c1ccc2c(N3C[C@H](CN4CC5(C4)OCc4cc(N6CC(N)C6)cnc45)O[C@H](C)C3)ccc(C#N)c2n1. The summed E-state index contributed by atoms with van der Waals surface area (Å²) in [7, 11) is 5.93. The standard InChI is InChI=1S/C28H30BN7O2/c1-17-9-36(24-4-2-18(7-30)26-23(24)3-5-25(29)33-26)13-22(38-17)12-34-15-28(16-34)27-19(14-37-28)6-21(8-32-27)35-10-20(31)11-35/h2-6,8,17,20,22H,9-16,31H2,1H3/t17-,22+/m1/s1. The van der Waals surface area contributed by atoms with Gasteiger partial charge in [0.05, 0.1) is 47.5 Å². The summed E-state index contributed by atoms with van der Waals surface area (Å²) in [6.07, 6.45) is 2.10. The topological polar surface area (TPSA) is 104 Å². The molecule has 1 spiro atoms. The van der Waals surface area contributed by atoms with Gasteiger partial charge in [-0.2, -0.15) is 5.26 Å². The molecule has 0 bridgehead atoms. The molecule has 9 nitrogen and oxygen atoms in total. The van der Waals surface area contributed by atoms with Gasteiger partial charge in [-0.3, -0.25) is 14.9 Å². The van der Waals surface area contributed by atoms with Gasteiger partial charge in [-0.05, 0) is 36.8 Å². The summed E-state index contributed by atoms with van der Waals surface area (Å²) in [5.41, 5.74) is 11.7. The van der Waals surface area contributed by atoms with Crippen molar-refractivity contribution >= 4 is 35.7 Å². The Labute approximate surface area is 223 Å². The number of anilines is 2. The summed E-state index contributed by atoms with van der Waals surface area (Å²) in [4.78, 5) is 16.3. The van der Waals surface area contributed by atoms with Gasteiger partial charge in [-0.15, -0.1) is 0 Å². The Morgan fingerprint density at radius 2 is 2.00 bits per heavy atom. The van der Waals surface area contributed by atoms with Crippen molar-refractivity contribution in [2.75, 3.05) is 55.6 Å². The lowest BCUT2D eigenvalue weighted by Gasteiger charge is -2.49. The van der Waals surface area contributed by atoms with Crippen LogP contribution in [-0.4, -0.2) is 86.8 Å². The van der Waals surface area contributed by atoms with Gasteiger partial charge < -0.3 is 25.0 Å². The molecule has 6 heterocycles. The van der Waals surface area contributed by atoms with Crippen molar-refractivity contribution < 1.29 is 9.47 Å². The zero-order valence-electron chi connectivity index (χ0n) is 21.5. The highest BCUT2D eigenvalue weighted by Gasteiger charge is 2.52. The normalized spacial score (nSPS) is 24.8. The van der Waals surface area contributed by atoms with E-state index < -0.39 is 0 Å². The second-order valence-electron chi connectivity index (χ2n) is 11.2. The van der Waals surface area contributed by atoms with Crippen molar-refractivity contribution in [3.63, 3.8) is 0 Å². The van der Waals surface area contributed by atoms with Crippen LogP contribution in [0.1, 0.15) is 23.7 Å². The Hall–Kier alpha value is -3.23. The fraction of sp³-hybridized carbons (Fsp3) is 0.464. The van der Waals surface area contributed by atoms with E-state index >= 15 is 0 Å². The predicted octanol–water partition coefficient (Wildman–Crippen LogP) is 0.778. The fourth-order valence-electron chi connectivity index (χ4n) is 6.46. The zero-order valence-corrected chi connectivity index (χ0v) is 21.5. The van der Waals surface area contributed by atoms with Gasteiger partial charge in [0.1, 0.15) is 19.5 Å². The van der Waals surface area contributed by atoms with Gasteiger partial charge in [-0.25, -0.2) is 0 Å². The van der Waals surface area contributed by atoms with Gasteiger partial charge in [0.15, 0.2) is 0 Å². The first-order valence-electron chi connectivity index (χ1n) is 13.3. The smallest absolute Gasteiger partial charge is 0.141 e. The maximum absolute atomic E-state index is 9.56. The fourth-order valence-corrected chi connectivity index (χ4v) is 6.46. The molecular formula is C28H30BN7O2. The quantitative estimate of drug-likeness (QED) is 0.513. The third-order valence-corrected chi connectivity index (χ3v) is 8.23. The summed E-state index contributed by atoms with van der Waals surface area (Å²) in [6, 6.07) is 12.3. The minimum absolute atomic E-state index is 0.0513. The van der Waals surface area contributed by atoms with E-state index in [1.54, 1.807) is 6.07 Å². The Morgan fingerprint density at radius 3 is 2.79 bits per heavy atom. The second-order valence-corrected chi connectivity index (χ2v) is 11.2. The number of hydrogen-bond donors (Lipinski definition) is 1. The van der Waals surface area contributed by atoms with Crippen LogP contribution in [-0.2, 0) is 21.7 Å². The van der Waals surface area contributed by atoms with Crippen LogP contribution in [0.5, 0.6) is 0 Å². The molecule has 192 valence electrons. The molecular weight excluding hydrogens is 477 g/mol. The molecule has 10 heteroatoms. The number of ether oxygens (including phenoxy) is 2. The van der Waals surface area contributed by atoms with Crippen LogP contribution in [0.25, 0.3) is 10.9 Å². The predicted molar refractivity (Wildman–Crippen MR) is 146 cm³/mol. The highest BCUT2D eigenvalue weighted by atomic mass is 16.5. The molecule has 38 heavy (non-hydrogen) atoms. The Bertz CT molecular complexity index is 1450. The molecule has 3 aromatic rings. The number of fused-ring (bicyclic) bond motifs is 3. The summed E-state index contributed by atoms with van der Waals surface area (Å²) in [6.45, 7) is 8.49. The van der Waals surface area contributed by atoms with Crippen molar-refractivity contribution in [1.29, 1.82) is 5.26 Å². The Morgan fingerprint density at radius 1 is 1.16 bits per heavy atom. The van der Waals surface area contributed by atoms with Gasteiger partial charge in [0, 0.05) is 68.5 Å². The Kier molecular flexibility index (Phi) is 5.60. The van der Waals surface area contributed by atoms with Crippen molar-refractivity contribution in [2.45, 2.75) is 37.4 Å². The number of hydrogen-bond acceptors (Lipinski definition) is 9. The van der Waals surface area contributed by atoms with Crippen LogP contribution in [0.15, 0.2) is 36.5 Å². The first kappa shape index (κ1) is 23.9. The summed E-state index contributed by atoms with van der Waals surface area (Å²) in [5.74, 6) is 0. The minimum Gasteiger partial charge on any atom is -0.370 e. The maximum atomic E-state index is 9.56. The third-order valence-electron chi connectivity index (χ3n) is 8.23. The highest BCUT2D eigenvalue weighted by Crippen LogP contribution is 2.43. The van der Waals surface area contributed by atoms with Gasteiger partial charge in [-0.1, -0.05) is 6.07 Å². The van der Waals surface area contributed by atoms with E-state index in [9.17, 15) is 5.26 Å². The number of nitriles is 1. The maximum Gasteiger partial charge on any atom is 0.141 e. The van der Waals surface area contributed by atoms with Gasteiger partial charge in [0.25, 0.3) is 0 Å². The molecule has 2 radical (unpaired) electrons. The molecule has 2 N–H and O–H groups in total. The minimum atomic E-state index is -0.311. The van der Waals surface area contributed by atoms with Gasteiger partial charge in [0.2, 0.25) is 0 Å². The molecule has 0 unspecified atom stereocenters. The van der Waals surface area contributed by atoms with E-state index in [-0.39, 0.29) is 23.9 Å². The van der Waals surface area contributed by atoms with Crippen molar-refractivity contribution in [3.05, 3.63) is 53.3 Å². The van der Waals surface area contributed by atoms with Crippen molar-refractivity contribution in [3.8, 4) is 6.07 Å². The van der Waals surface area contributed by atoms with Crippen molar-refractivity contribution in [1.82, 2.24) is 14.9 Å². The molecule has 1 aromatic carbocycles. The first-order valence-corrected chi connectivity index (χ1v) is 13.3. The summed E-state index contributed by atoms with van der Waals surface area (Å²) < 4.78 is 12.7. The van der Waals surface area contributed by atoms with E-state index in [1.807, 2.05) is 24.4 Å². The lowest BCUT2D eigenvalue weighted by atomic mass is 9.88. The number of benzene rings is 1. The van der Waals surface area contributed by atoms with Crippen LogP contribution in [0.3, 0.4) is 0 Å². The van der Waals surface area contributed by atoms with Gasteiger partial charge >= 0.3 is 0 Å². The van der Waals surface area contributed by atoms with Crippen LogP contribution in [0.4, 0.5) is 11.4 Å². The molecule has 4 aliphatic rings. The number of rotatable bonds is 4. The van der Waals surface area contributed by atoms with Crippen molar-refractivity contribution in [2.24, 2.45) is 5.73 Å². The van der Waals surface area contributed by atoms with Crippen LogP contribution >= 0.6 is 0 Å². The number of pyridine rings is 2.